The molecule has 1 aliphatic rings. The molecule has 1 heterocycles. The van der Waals surface area contributed by atoms with E-state index in [-0.39, 0.29) is 11.9 Å². The van der Waals surface area contributed by atoms with E-state index in [9.17, 15) is 4.39 Å². The van der Waals surface area contributed by atoms with Crippen LogP contribution in [0.3, 0.4) is 0 Å². The quantitative estimate of drug-likeness (QED) is 0.805. The Morgan fingerprint density at radius 2 is 1.90 bits per heavy atom. The van der Waals surface area contributed by atoms with E-state index >= 15 is 0 Å². The number of aromatic nitrogens is 2. The molecule has 0 fully saturated rings. The molecule has 0 amide bonds. The summed E-state index contributed by atoms with van der Waals surface area (Å²) in [5.74, 6) is 0.103. The third-order valence-corrected chi connectivity index (χ3v) is 4.14. The maximum absolute atomic E-state index is 13.1. The Labute approximate surface area is 124 Å². The highest BCUT2D eigenvalue weighted by atomic mass is 19.1. The number of hydrogen-bond donors (Lipinski definition) is 0. The van der Waals surface area contributed by atoms with Gasteiger partial charge in [0.25, 0.3) is 0 Å². The van der Waals surface area contributed by atoms with Crippen LogP contribution in [-0.2, 0) is 4.74 Å². The highest BCUT2D eigenvalue weighted by Gasteiger charge is 2.25. The van der Waals surface area contributed by atoms with Crippen molar-refractivity contribution in [3.63, 3.8) is 0 Å². The van der Waals surface area contributed by atoms with E-state index in [0.29, 0.717) is 5.92 Å². The normalized spacial score (nSPS) is 21.1. The fourth-order valence-electron chi connectivity index (χ4n) is 3.08. The van der Waals surface area contributed by atoms with Crippen LogP contribution in [0, 0.1) is 19.7 Å². The van der Waals surface area contributed by atoms with Gasteiger partial charge in [-0.3, -0.25) is 0 Å². The van der Waals surface area contributed by atoms with Crippen LogP contribution in [-0.4, -0.2) is 23.0 Å². The number of methoxy groups -OCH3 is 1. The molecule has 0 saturated carbocycles. The molecule has 0 bridgehead atoms. The summed E-state index contributed by atoms with van der Waals surface area (Å²) in [7, 11) is 1.74. The lowest BCUT2D eigenvalue weighted by Gasteiger charge is -2.12. The molecule has 0 aliphatic heterocycles. The second-order valence-electron chi connectivity index (χ2n) is 5.47. The lowest BCUT2D eigenvalue weighted by atomic mass is 9.96. The fraction of sp³-hybridized carbons (Fsp3) is 0.353. The molecule has 2 unspecified atom stereocenters. The molecule has 3 nitrogen and oxygen atoms in total. The van der Waals surface area contributed by atoms with E-state index in [1.165, 1.54) is 17.7 Å². The molecule has 0 spiro atoms. The van der Waals surface area contributed by atoms with Crippen molar-refractivity contribution < 1.29 is 9.13 Å². The van der Waals surface area contributed by atoms with Crippen LogP contribution in [0.2, 0.25) is 0 Å². The molecule has 0 N–H and O–H groups in total. The predicted molar refractivity (Wildman–Crippen MR) is 80.3 cm³/mol. The highest BCUT2D eigenvalue weighted by Crippen LogP contribution is 2.34. The smallest absolute Gasteiger partial charge is 0.123 e. The van der Waals surface area contributed by atoms with E-state index in [1.807, 2.05) is 11.6 Å². The zero-order valence-corrected chi connectivity index (χ0v) is 12.5. The molecular formula is C17H19FN2O. The van der Waals surface area contributed by atoms with Crippen LogP contribution >= 0.6 is 0 Å². The molecule has 2 aromatic rings. The van der Waals surface area contributed by atoms with Crippen LogP contribution in [0.1, 0.15) is 29.3 Å². The first kappa shape index (κ1) is 14.0. The Bertz CT molecular complexity index is 673. The Morgan fingerprint density at radius 3 is 2.52 bits per heavy atom. The van der Waals surface area contributed by atoms with Crippen molar-refractivity contribution in [3.8, 4) is 5.69 Å². The molecule has 21 heavy (non-hydrogen) atoms. The average molecular weight is 286 g/mol. The van der Waals surface area contributed by atoms with Gasteiger partial charge in [-0.25, -0.2) is 9.07 Å². The fourth-order valence-corrected chi connectivity index (χ4v) is 3.08. The number of aryl methyl sites for hydroxylation is 1. The number of nitrogens with zero attached hydrogens (tertiary/aromatic N) is 2. The van der Waals surface area contributed by atoms with E-state index in [4.69, 9.17) is 4.74 Å². The van der Waals surface area contributed by atoms with Crippen LogP contribution in [0.25, 0.3) is 5.69 Å². The topological polar surface area (TPSA) is 27.1 Å². The van der Waals surface area contributed by atoms with Crippen LogP contribution < -0.4 is 0 Å². The SMILES string of the molecule is COC1C=CC(c2c(C)nn(-c3ccc(F)cc3)c2C)C1. The lowest BCUT2D eigenvalue weighted by Crippen LogP contribution is -2.06. The van der Waals surface area contributed by atoms with Crippen molar-refractivity contribution in [2.24, 2.45) is 0 Å². The summed E-state index contributed by atoms with van der Waals surface area (Å²) in [6.45, 7) is 4.09. The average Bonchev–Trinajstić information content (AvgIpc) is 3.04. The third kappa shape index (κ3) is 2.51. The minimum atomic E-state index is -0.234. The summed E-state index contributed by atoms with van der Waals surface area (Å²) in [6, 6.07) is 6.42. The Morgan fingerprint density at radius 1 is 1.19 bits per heavy atom. The van der Waals surface area contributed by atoms with Gasteiger partial charge in [-0.1, -0.05) is 12.2 Å². The minimum absolute atomic E-state index is 0.183. The van der Waals surface area contributed by atoms with Crippen LogP contribution in [0.15, 0.2) is 36.4 Å². The monoisotopic (exact) mass is 286 g/mol. The number of halogens is 1. The maximum atomic E-state index is 13.1. The third-order valence-electron chi connectivity index (χ3n) is 4.14. The van der Waals surface area contributed by atoms with E-state index in [1.54, 1.807) is 19.2 Å². The standard InChI is InChI=1S/C17H19FN2O/c1-11-17(13-4-9-16(10-13)21-3)12(2)20(19-11)15-7-5-14(18)6-8-15/h4-9,13,16H,10H2,1-3H3. The van der Waals surface area contributed by atoms with Gasteiger partial charge < -0.3 is 4.74 Å². The zero-order chi connectivity index (χ0) is 15.0. The lowest BCUT2D eigenvalue weighted by molar-refractivity contribution is 0.138. The molecule has 1 aromatic heterocycles. The maximum Gasteiger partial charge on any atom is 0.123 e. The van der Waals surface area contributed by atoms with Crippen molar-refractivity contribution in [1.29, 1.82) is 0 Å². The van der Waals surface area contributed by atoms with Crippen LogP contribution in [0.4, 0.5) is 4.39 Å². The van der Waals surface area contributed by atoms with Crippen molar-refractivity contribution in [2.45, 2.75) is 32.3 Å². The summed E-state index contributed by atoms with van der Waals surface area (Å²) >= 11 is 0. The predicted octanol–water partition coefficient (Wildman–Crippen LogP) is 3.69. The number of ether oxygens (including phenoxy) is 1. The van der Waals surface area contributed by atoms with E-state index < -0.39 is 0 Å². The Kier molecular flexibility index (Phi) is 3.64. The summed E-state index contributed by atoms with van der Waals surface area (Å²) in [5, 5.41) is 4.63. The Hall–Kier alpha value is -1.94. The molecule has 2 atom stereocenters. The molecule has 0 saturated heterocycles. The van der Waals surface area contributed by atoms with Gasteiger partial charge >= 0.3 is 0 Å². The van der Waals surface area contributed by atoms with Crippen molar-refractivity contribution in [3.05, 3.63) is 59.2 Å². The molecule has 110 valence electrons. The number of rotatable bonds is 3. The second-order valence-corrected chi connectivity index (χ2v) is 5.47. The van der Waals surface area contributed by atoms with Gasteiger partial charge in [0.05, 0.1) is 17.5 Å². The number of allylic oxidation sites excluding steroid dienone is 1. The van der Waals surface area contributed by atoms with Crippen molar-refractivity contribution in [2.75, 3.05) is 7.11 Å². The van der Waals surface area contributed by atoms with Crippen LogP contribution in [0.5, 0.6) is 0 Å². The summed E-state index contributed by atoms with van der Waals surface area (Å²) in [4.78, 5) is 0. The van der Waals surface area contributed by atoms with Gasteiger partial charge in [0, 0.05) is 24.3 Å². The largest absolute Gasteiger partial charge is 0.377 e. The molecule has 4 heteroatoms. The summed E-state index contributed by atoms with van der Waals surface area (Å²) in [6.07, 6.45) is 5.44. The van der Waals surface area contributed by atoms with Gasteiger partial charge in [0.1, 0.15) is 5.82 Å². The second kappa shape index (κ2) is 5.45. The van der Waals surface area contributed by atoms with E-state index in [0.717, 1.165) is 23.5 Å². The molecular weight excluding hydrogens is 267 g/mol. The molecule has 1 aliphatic carbocycles. The first-order valence-corrected chi connectivity index (χ1v) is 7.13. The van der Waals surface area contributed by atoms with Gasteiger partial charge in [0.15, 0.2) is 0 Å². The Balaban J connectivity index is 1.97. The van der Waals surface area contributed by atoms with Gasteiger partial charge in [-0.2, -0.15) is 5.10 Å². The number of hydrogen-bond acceptors (Lipinski definition) is 2. The van der Waals surface area contributed by atoms with Gasteiger partial charge in [-0.15, -0.1) is 0 Å². The zero-order valence-electron chi connectivity index (χ0n) is 12.5. The molecule has 0 radical (unpaired) electrons. The molecule has 3 rings (SSSR count). The first-order chi connectivity index (χ1) is 10.1. The van der Waals surface area contributed by atoms with E-state index in [2.05, 4.69) is 24.2 Å². The van der Waals surface area contributed by atoms with Crippen molar-refractivity contribution in [1.82, 2.24) is 9.78 Å². The highest BCUT2D eigenvalue weighted by molar-refractivity contribution is 5.41. The number of benzene rings is 1. The summed E-state index contributed by atoms with van der Waals surface area (Å²) in [5.41, 5.74) is 4.25. The minimum Gasteiger partial charge on any atom is -0.377 e. The molecule has 1 aromatic carbocycles. The van der Waals surface area contributed by atoms with Gasteiger partial charge in [0.2, 0.25) is 0 Å². The van der Waals surface area contributed by atoms with Gasteiger partial charge in [-0.05, 0) is 44.5 Å². The first-order valence-electron chi connectivity index (χ1n) is 7.13. The van der Waals surface area contributed by atoms with Crippen molar-refractivity contribution >= 4 is 0 Å². The summed E-state index contributed by atoms with van der Waals surface area (Å²) < 4.78 is 20.3.